The van der Waals surface area contributed by atoms with Gasteiger partial charge in [0.05, 0.1) is 12.5 Å². The largest absolute Gasteiger partial charge is 0.450 e. The Labute approximate surface area is 204 Å². The number of carbonyl (C=O) groups is 2. The van der Waals surface area contributed by atoms with Crippen LogP contribution in [0.25, 0.3) is 0 Å². The number of carbonyl (C=O) groups excluding carboxylic acids is 2. The van der Waals surface area contributed by atoms with Crippen LogP contribution in [0.2, 0.25) is 0 Å². The molecule has 12 heteroatoms. The van der Waals surface area contributed by atoms with E-state index in [1.54, 1.807) is 25.9 Å². The standard InChI is InChI=1S/C20H34F3N5O3.HI/c1-4-31-19(30)28-10-8-15(9-11-28)25-18(24-13-17(29)27(2)3)26-16-7-5-6-14(12-16)20(21,22)23;/h14-16H,4-13H2,1-3H3,(H2,24,25,26);1H. The first-order valence-corrected chi connectivity index (χ1v) is 10.9. The van der Waals surface area contributed by atoms with E-state index in [0.717, 1.165) is 0 Å². The van der Waals surface area contributed by atoms with Crippen LogP contribution in [0.4, 0.5) is 18.0 Å². The van der Waals surface area contributed by atoms with Gasteiger partial charge in [0.2, 0.25) is 5.91 Å². The lowest BCUT2D eigenvalue weighted by atomic mass is 9.85. The van der Waals surface area contributed by atoms with Crippen molar-refractivity contribution in [3.63, 3.8) is 0 Å². The first kappa shape index (κ1) is 28.6. The fourth-order valence-electron chi connectivity index (χ4n) is 3.85. The zero-order valence-corrected chi connectivity index (χ0v) is 21.2. The van der Waals surface area contributed by atoms with E-state index >= 15 is 0 Å². The third kappa shape index (κ3) is 9.18. The molecule has 1 saturated carbocycles. The molecule has 0 aromatic heterocycles. The van der Waals surface area contributed by atoms with Crippen molar-refractivity contribution < 1.29 is 27.5 Å². The van der Waals surface area contributed by atoms with Crippen LogP contribution in [0.1, 0.15) is 45.4 Å². The second-order valence-electron chi connectivity index (χ2n) is 8.30. The van der Waals surface area contributed by atoms with Gasteiger partial charge in [-0.1, -0.05) is 6.42 Å². The summed E-state index contributed by atoms with van der Waals surface area (Å²) in [6.45, 7) is 3.00. The summed E-state index contributed by atoms with van der Waals surface area (Å²) in [6, 6.07) is -0.367. The van der Waals surface area contributed by atoms with Gasteiger partial charge in [-0.15, -0.1) is 24.0 Å². The summed E-state index contributed by atoms with van der Waals surface area (Å²) in [5.74, 6) is -1.18. The lowest BCUT2D eigenvalue weighted by Gasteiger charge is -2.35. The molecule has 2 unspecified atom stereocenters. The van der Waals surface area contributed by atoms with Crippen molar-refractivity contribution in [3.05, 3.63) is 0 Å². The summed E-state index contributed by atoms with van der Waals surface area (Å²) in [5.41, 5.74) is 0. The highest BCUT2D eigenvalue weighted by Gasteiger charge is 2.42. The van der Waals surface area contributed by atoms with Crippen LogP contribution in [-0.4, -0.2) is 86.4 Å². The molecule has 32 heavy (non-hydrogen) atoms. The first-order chi connectivity index (χ1) is 14.6. The number of guanidine groups is 1. The van der Waals surface area contributed by atoms with Crippen molar-refractivity contribution in [2.24, 2.45) is 10.9 Å². The summed E-state index contributed by atoms with van der Waals surface area (Å²) in [7, 11) is 3.25. The topological polar surface area (TPSA) is 86.3 Å². The Balaban J connectivity index is 0.00000512. The molecule has 2 aliphatic rings. The van der Waals surface area contributed by atoms with Gasteiger partial charge in [-0.25, -0.2) is 9.79 Å². The minimum absolute atomic E-state index is 0. The Bertz CT molecular complexity index is 640. The van der Waals surface area contributed by atoms with E-state index < -0.39 is 12.1 Å². The summed E-state index contributed by atoms with van der Waals surface area (Å²) in [4.78, 5) is 31.2. The number of halogens is 4. The van der Waals surface area contributed by atoms with Crippen LogP contribution in [0, 0.1) is 5.92 Å². The van der Waals surface area contributed by atoms with E-state index in [9.17, 15) is 22.8 Å². The fourth-order valence-corrected chi connectivity index (χ4v) is 3.85. The number of rotatable bonds is 5. The van der Waals surface area contributed by atoms with Gasteiger partial charge in [-0.3, -0.25) is 4.79 Å². The Morgan fingerprint density at radius 2 is 1.72 bits per heavy atom. The summed E-state index contributed by atoms with van der Waals surface area (Å²) >= 11 is 0. The van der Waals surface area contributed by atoms with Gasteiger partial charge >= 0.3 is 12.3 Å². The maximum absolute atomic E-state index is 13.2. The van der Waals surface area contributed by atoms with Crippen molar-refractivity contribution >= 4 is 41.9 Å². The molecular weight excluding hydrogens is 542 g/mol. The number of hydrogen-bond acceptors (Lipinski definition) is 4. The number of amides is 2. The van der Waals surface area contributed by atoms with E-state index in [0.29, 0.717) is 51.3 Å². The molecule has 186 valence electrons. The predicted octanol–water partition coefficient (Wildman–Crippen LogP) is 2.97. The van der Waals surface area contributed by atoms with Gasteiger partial charge in [-0.05, 0) is 39.0 Å². The van der Waals surface area contributed by atoms with E-state index in [-0.39, 0.29) is 67.4 Å². The van der Waals surface area contributed by atoms with E-state index in [1.165, 1.54) is 4.90 Å². The van der Waals surface area contributed by atoms with Gasteiger partial charge in [0.15, 0.2) is 5.96 Å². The minimum Gasteiger partial charge on any atom is -0.450 e. The number of aliphatic imine (C=N–C) groups is 1. The molecule has 8 nitrogen and oxygen atoms in total. The Hall–Kier alpha value is -1.47. The molecule has 0 radical (unpaired) electrons. The quantitative estimate of drug-likeness (QED) is 0.298. The molecule has 0 aromatic rings. The molecule has 1 saturated heterocycles. The number of nitrogens with one attached hydrogen (secondary N) is 2. The number of ether oxygens (including phenoxy) is 1. The molecule has 0 spiro atoms. The van der Waals surface area contributed by atoms with Crippen LogP contribution in [0.15, 0.2) is 4.99 Å². The van der Waals surface area contributed by atoms with E-state index in [1.807, 2.05) is 0 Å². The maximum atomic E-state index is 13.2. The second kappa shape index (κ2) is 13.3. The van der Waals surface area contributed by atoms with E-state index in [4.69, 9.17) is 4.74 Å². The Morgan fingerprint density at radius 3 is 2.28 bits per heavy atom. The lowest BCUT2D eigenvalue weighted by Crippen LogP contribution is -2.53. The number of hydrogen-bond donors (Lipinski definition) is 2. The molecule has 2 rings (SSSR count). The maximum Gasteiger partial charge on any atom is 0.409 e. The number of nitrogens with zero attached hydrogens (tertiary/aromatic N) is 3. The van der Waals surface area contributed by atoms with Gasteiger partial charge in [0.1, 0.15) is 6.54 Å². The zero-order chi connectivity index (χ0) is 23.0. The highest BCUT2D eigenvalue weighted by atomic mass is 127. The Kier molecular flexibility index (Phi) is 11.9. The Morgan fingerprint density at radius 1 is 1.09 bits per heavy atom. The summed E-state index contributed by atoms with van der Waals surface area (Å²) in [6.07, 6.45) is -2.00. The molecule has 2 atom stereocenters. The van der Waals surface area contributed by atoms with Crippen LogP contribution in [-0.2, 0) is 9.53 Å². The molecule has 2 N–H and O–H groups in total. The predicted molar refractivity (Wildman–Crippen MR) is 126 cm³/mol. The third-order valence-corrected chi connectivity index (χ3v) is 5.71. The fraction of sp³-hybridized carbons (Fsp3) is 0.850. The highest BCUT2D eigenvalue weighted by Crippen LogP contribution is 2.37. The van der Waals surface area contributed by atoms with Gasteiger partial charge < -0.3 is 25.2 Å². The zero-order valence-electron chi connectivity index (χ0n) is 18.9. The number of piperidine rings is 1. The first-order valence-electron chi connectivity index (χ1n) is 10.9. The molecule has 1 aliphatic heterocycles. The van der Waals surface area contributed by atoms with Gasteiger partial charge in [0.25, 0.3) is 0 Å². The summed E-state index contributed by atoms with van der Waals surface area (Å²) < 4.78 is 44.5. The summed E-state index contributed by atoms with van der Waals surface area (Å²) in [5, 5.41) is 6.37. The average Bonchev–Trinajstić information content (AvgIpc) is 2.72. The van der Waals surface area contributed by atoms with Crippen molar-refractivity contribution in [2.45, 2.75) is 63.7 Å². The number of likely N-dealkylation sites (N-methyl/N-ethyl adjacent to an activating group) is 1. The molecule has 0 aromatic carbocycles. The van der Waals surface area contributed by atoms with Crippen molar-refractivity contribution in [1.82, 2.24) is 20.4 Å². The van der Waals surface area contributed by atoms with E-state index in [2.05, 4.69) is 15.6 Å². The van der Waals surface area contributed by atoms with Crippen LogP contribution >= 0.6 is 24.0 Å². The minimum atomic E-state index is -4.20. The molecule has 2 amide bonds. The lowest BCUT2D eigenvalue weighted by molar-refractivity contribution is -0.183. The van der Waals surface area contributed by atoms with Gasteiger partial charge in [0, 0.05) is 39.3 Å². The molecule has 2 fully saturated rings. The average molecular weight is 577 g/mol. The smallest absolute Gasteiger partial charge is 0.409 e. The molecule has 1 aliphatic carbocycles. The van der Waals surface area contributed by atoms with Crippen molar-refractivity contribution in [3.8, 4) is 0 Å². The number of likely N-dealkylation sites (tertiary alicyclic amines) is 1. The van der Waals surface area contributed by atoms with Crippen LogP contribution in [0.5, 0.6) is 0 Å². The van der Waals surface area contributed by atoms with Gasteiger partial charge in [-0.2, -0.15) is 13.2 Å². The van der Waals surface area contributed by atoms with Crippen LogP contribution < -0.4 is 10.6 Å². The third-order valence-electron chi connectivity index (χ3n) is 5.71. The highest BCUT2D eigenvalue weighted by molar-refractivity contribution is 14.0. The monoisotopic (exact) mass is 577 g/mol. The number of alkyl halides is 3. The molecule has 0 bridgehead atoms. The van der Waals surface area contributed by atoms with Crippen molar-refractivity contribution in [2.75, 3.05) is 40.3 Å². The molecular formula is C20H35F3IN5O3. The second-order valence-corrected chi connectivity index (χ2v) is 8.30. The normalized spacial score (nSPS) is 22.6. The molecule has 1 heterocycles. The van der Waals surface area contributed by atoms with Crippen LogP contribution in [0.3, 0.4) is 0 Å². The SMILES string of the molecule is CCOC(=O)N1CCC(NC(=NCC(=O)N(C)C)NC2CCCC(C(F)(F)F)C2)CC1.I. The van der Waals surface area contributed by atoms with Crippen molar-refractivity contribution in [1.29, 1.82) is 0 Å².